The van der Waals surface area contributed by atoms with Gasteiger partial charge in [-0.2, -0.15) is 8.78 Å². The fraction of sp³-hybridized carbons (Fsp3) is 0.231. The molecule has 100 valence electrons. The van der Waals surface area contributed by atoms with E-state index in [1.807, 2.05) is 0 Å². The number of nitrogens with zero attached hydrogens (tertiary/aromatic N) is 2. The van der Waals surface area contributed by atoms with Crippen molar-refractivity contribution in [1.82, 2.24) is 9.55 Å². The summed E-state index contributed by atoms with van der Waals surface area (Å²) in [6.07, 6.45) is 0. The van der Waals surface area contributed by atoms with Gasteiger partial charge in [0.25, 0.3) is 5.56 Å². The van der Waals surface area contributed by atoms with Crippen molar-refractivity contribution in [3.05, 3.63) is 51.8 Å². The van der Waals surface area contributed by atoms with Crippen molar-refractivity contribution >= 4 is 0 Å². The summed E-state index contributed by atoms with van der Waals surface area (Å²) in [5.41, 5.74) is -0.0134. The van der Waals surface area contributed by atoms with E-state index in [1.54, 1.807) is 13.0 Å². The van der Waals surface area contributed by atoms with Crippen LogP contribution in [0.4, 0.5) is 13.2 Å². The normalized spacial score (nSPS) is 11.1. The highest BCUT2D eigenvalue weighted by Crippen LogP contribution is 2.21. The second-order valence-corrected chi connectivity index (χ2v) is 4.16. The van der Waals surface area contributed by atoms with Gasteiger partial charge in [-0.3, -0.25) is 4.79 Å². The lowest BCUT2D eigenvalue weighted by Gasteiger charge is -2.10. The number of benzene rings is 1. The standard InChI is InChI=1S/C13H11F3N2O/c1-7-3-4-9(10(14)5-7)11-6-12(19)18(13(15)16)8(2)17-11/h3-6,13H,1-2H3. The minimum Gasteiger partial charge on any atom is -0.269 e. The summed E-state index contributed by atoms with van der Waals surface area (Å²) in [6.45, 7) is 0.0422. The molecule has 1 aromatic heterocycles. The molecule has 0 bridgehead atoms. The van der Waals surface area contributed by atoms with Crippen LogP contribution in [0.1, 0.15) is 17.9 Å². The molecule has 0 aliphatic heterocycles. The average Bonchev–Trinajstić information content (AvgIpc) is 2.26. The molecule has 6 heteroatoms. The Kier molecular flexibility index (Phi) is 3.42. The number of alkyl halides is 2. The van der Waals surface area contributed by atoms with E-state index in [9.17, 15) is 18.0 Å². The predicted molar refractivity (Wildman–Crippen MR) is 64.6 cm³/mol. The van der Waals surface area contributed by atoms with Crippen LogP contribution in [-0.4, -0.2) is 9.55 Å². The van der Waals surface area contributed by atoms with Crippen molar-refractivity contribution in [3.8, 4) is 11.3 Å². The number of hydrogen-bond donors (Lipinski definition) is 0. The zero-order chi connectivity index (χ0) is 14.2. The average molecular weight is 268 g/mol. The summed E-state index contributed by atoms with van der Waals surface area (Å²) < 4.78 is 39.2. The Hall–Kier alpha value is -2.11. The molecule has 0 saturated carbocycles. The van der Waals surface area contributed by atoms with Crippen molar-refractivity contribution < 1.29 is 13.2 Å². The highest BCUT2D eigenvalue weighted by atomic mass is 19.3. The van der Waals surface area contributed by atoms with E-state index in [2.05, 4.69) is 4.98 Å². The first-order valence-electron chi connectivity index (χ1n) is 5.55. The van der Waals surface area contributed by atoms with E-state index >= 15 is 0 Å². The van der Waals surface area contributed by atoms with Crippen LogP contribution in [0, 0.1) is 19.7 Å². The molecule has 19 heavy (non-hydrogen) atoms. The van der Waals surface area contributed by atoms with E-state index in [1.165, 1.54) is 19.1 Å². The fourth-order valence-corrected chi connectivity index (χ4v) is 1.81. The Bertz CT molecular complexity index is 680. The molecule has 0 aliphatic rings. The molecule has 0 unspecified atom stereocenters. The molecule has 0 atom stereocenters. The van der Waals surface area contributed by atoms with Crippen LogP contribution in [-0.2, 0) is 0 Å². The summed E-state index contributed by atoms with van der Waals surface area (Å²) in [5, 5.41) is 0. The molecule has 0 amide bonds. The molecule has 0 radical (unpaired) electrons. The Morgan fingerprint density at radius 2 is 1.89 bits per heavy atom. The van der Waals surface area contributed by atoms with Crippen LogP contribution < -0.4 is 5.56 Å². The third-order valence-corrected chi connectivity index (χ3v) is 2.72. The van der Waals surface area contributed by atoms with Gasteiger partial charge in [-0.25, -0.2) is 13.9 Å². The molecule has 0 N–H and O–H groups in total. The van der Waals surface area contributed by atoms with Crippen LogP contribution in [0.25, 0.3) is 11.3 Å². The van der Waals surface area contributed by atoms with Crippen LogP contribution in [0.3, 0.4) is 0 Å². The first-order chi connectivity index (χ1) is 8.90. The van der Waals surface area contributed by atoms with E-state index in [-0.39, 0.29) is 21.6 Å². The number of halogens is 3. The molecule has 0 fully saturated rings. The lowest BCUT2D eigenvalue weighted by molar-refractivity contribution is 0.0628. The van der Waals surface area contributed by atoms with E-state index in [0.29, 0.717) is 0 Å². The van der Waals surface area contributed by atoms with Gasteiger partial charge in [-0.15, -0.1) is 0 Å². The Morgan fingerprint density at radius 3 is 2.42 bits per heavy atom. The van der Waals surface area contributed by atoms with Gasteiger partial charge >= 0.3 is 6.55 Å². The second kappa shape index (κ2) is 4.87. The smallest absolute Gasteiger partial charge is 0.269 e. The van der Waals surface area contributed by atoms with Crippen LogP contribution >= 0.6 is 0 Å². The summed E-state index contributed by atoms with van der Waals surface area (Å²) in [4.78, 5) is 15.4. The quantitative estimate of drug-likeness (QED) is 0.839. The molecule has 2 aromatic rings. The van der Waals surface area contributed by atoms with Crippen LogP contribution in [0.2, 0.25) is 0 Å². The molecule has 0 aliphatic carbocycles. The summed E-state index contributed by atoms with van der Waals surface area (Å²) in [5.74, 6) is -0.696. The second-order valence-electron chi connectivity index (χ2n) is 4.16. The monoisotopic (exact) mass is 268 g/mol. The van der Waals surface area contributed by atoms with E-state index in [4.69, 9.17) is 0 Å². The topological polar surface area (TPSA) is 34.9 Å². The largest absolute Gasteiger partial charge is 0.322 e. The van der Waals surface area contributed by atoms with Gasteiger partial charge in [-0.1, -0.05) is 6.07 Å². The number of hydrogen-bond acceptors (Lipinski definition) is 2. The minimum atomic E-state index is -2.96. The SMILES string of the molecule is Cc1ccc(-c2cc(=O)n(C(F)F)c(C)n2)c(F)c1. The number of rotatable bonds is 2. The highest BCUT2D eigenvalue weighted by molar-refractivity contribution is 5.60. The van der Waals surface area contributed by atoms with Crippen molar-refractivity contribution in [2.24, 2.45) is 0 Å². The van der Waals surface area contributed by atoms with Crippen molar-refractivity contribution in [3.63, 3.8) is 0 Å². The summed E-state index contributed by atoms with van der Waals surface area (Å²) in [7, 11) is 0. The molecular weight excluding hydrogens is 257 g/mol. The molecule has 0 spiro atoms. The summed E-state index contributed by atoms with van der Waals surface area (Å²) >= 11 is 0. The molecule has 3 nitrogen and oxygen atoms in total. The van der Waals surface area contributed by atoms with Crippen LogP contribution in [0.5, 0.6) is 0 Å². The maximum absolute atomic E-state index is 13.8. The zero-order valence-electron chi connectivity index (χ0n) is 10.3. The van der Waals surface area contributed by atoms with E-state index < -0.39 is 17.9 Å². The third-order valence-electron chi connectivity index (χ3n) is 2.72. The Labute approximate surface area is 107 Å². The lowest BCUT2D eigenvalue weighted by Crippen LogP contribution is -2.24. The van der Waals surface area contributed by atoms with Gasteiger partial charge in [0, 0.05) is 11.6 Å². The zero-order valence-corrected chi connectivity index (χ0v) is 10.3. The van der Waals surface area contributed by atoms with E-state index in [0.717, 1.165) is 11.6 Å². The maximum Gasteiger partial charge on any atom is 0.322 e. The predicted octanol–water partition coefficient (Wildman–Crippen LogP) is 3.06. The van der Waals surface area contributed by atoms with Gasteiger partial charge in [0.05, 0.1) is 5.69 Å². The molecular formula is C13H11F3N2O. The minimum absolute atomic E-state index is 0.0527. The highest BCUT2D eigenvalue weighted by Gasteiger charge is 2.15. The van der Waals surface area contributed by atoms with Crippen LogP contribution in [0.15, 0.2) is 29.1 Å². The first kappa shape index (κ1) is 13.3. The Morgan fingerprint density at radius 1 is 1.21 bits per heavy atom. The van der Waals surface area contributed by atoms with Crippen molar-refractivity contribution in [1.29, 1.82) is 0 Å². The van der Waals surface area contributed by atoms with Gasteiger partial charge in [-0.05, 0) is 31.5 Å². The number of aromatic nitrogens is 2. The number of aryl methyl sites for hydroxylation is 2. The molecule has 1 aromatic carbocycles. The van der Waals surface area contributed by atoms with Gasteiger partial charge in [0.1, 0.15) is 11.6 Å². The van der Waals surface area contributed by atoms with Gasteiger partial charge in [0.15, 0.2) is 0 Å². The van der Waals surface area contributed by atoms with Crippen molar-refractivity contribution in [2.45, 2.75) is 20.4 Å². The summed E-state index contributed by atoms with van der Waals surface area (Å²) in [6, 6.07) is 5.34. The first-order valence-corrected chi connectivity index (χ1v) is 5.55. The molecule has 0 saturated heterocycles. The third kappa shape index (κ3) is 2.52. The maximum atomic E-state index is 13.8. The van der Waals surface area contributed by atoms with Gasteiger partial charge < -0.3 is 0 Å². The van der Waals surface area contributed by atoms with Crippen molar-refractivity contribution in [2.75, 3.05) is 0 Å². The molecule has 2 rings (SSSR count). The lowest BCUT2D eigenvalue weighted by atomic mass is 10.1. The fourth-order valence-electron chi connectivity index (χ4n) is 1.81. The van der Waals surface area contributed by atoms with Gasteiger partial charge in [0.2, 0.25) is 0 Å². The Balaban J connectivity index is 2.62. The molecule has 1 heterocycles.